The lowest BCUT2D eigenvalue weighted by molar-refractivity contribution is 0.0814. The molecule has 3 aromatic rings. The molecule has 25 heavy (non-hydrogen) atoms. The van der Waals surface area contributed by atoms with Gasteiger partial charge >= 0.3 is 0 Å². The van der Waals surface area contributed by atoms with Gasteiger partial charge in [0.15, 0.2) is 12.4 Å². The van der Waals surface area contributed by atoms with Crippen molar-refractivity contribution in [2.45, 2.75) is 13.8 Å². The second-order valence-electron chi connectivity index (χ2n) is 5.48. The van der Waals surface area contributed by atoms with Crippen LogP contribution in [0.2, 0.25) is 0 Å². The molecule has 2 heterocycles. The molecule has 0 saturated heterocycles. The molecule has 0 fully saturated rings. The lowest BCUT2D eigenvalue weighted by Crippen LogP contribution is -2.19. The van der Waals surface area contributed by atoms with Crippen LogP contribution in [0.4, 0.5) is 0 Å². The van der Waals surface area contributed by atoms with Crippen molar-refractivity contribution in [3.63, 3.8) is 0 Å². The second-order valence-corrected chi connectivity index (χ2v) is 5.48. The van der Waals surface area contributed by atoms with E-state index >= 15 is 0 Å². The van der Waals surface area contributed by atoms with Crippen LogP contribution in [0.5, 0.6) is 11.6 Å². The zero-order valence-electron chi connectivity index (χ0n) is 13.6. The predicted molar refractivity (Wildman–Crippen MR) is 85.9 cm³/mol. The molecule has 0 saturated carbocycles. The first-order valence-electron chi connectivity index (χ1n) is 7.42. The van der Waals surface area contributed by atoms with E-state index in [0.717, 1.165) is 10.2 Å². The van der Waals surface area contributed by atoms with Crippen molar-refractivity contribution in [1.82, 2.24) is 14.9 Å². The predicted octanol–water partition coefficient (Wildman–Crippen LogP) is 2.14. The number of hydrogen-bond acceptors (Lipinski definition) is 7. The Bertz CT molecular complexity index is 941. The third-order valence-corrected chi connectivity index (χ3v) is 3.45. The Hall–Kier alpha value is -3.42. The summed E-state index contributed by atoms with van der Waals surface area (Å²) in [5, 5.41) is 17.3. The molecular weight excluding hydrogens is 326 g/mol. The average molecular weight is 341 g/mol. The van der Waals surface area contributed by atoms with Crippen LogP contribution in [0.15, 0.2) is 41.2 Å². The first-order valence-corrected chi connectivity index (χ1v) is 7.42. The summed E-state index contributed by atoms with van der Waals surface area (Å²) in [5.74, 6) is -0.271. The number of carbonyl (C=O) groups excluding carboxylic acids is 2. The summed E-state index contributed by atoms with van der Waals surface area (Å²) in [6.07, 6.45) is 2.56. The zero-order chi connectivity index (χ0) is 18.0. The fourth-order valence-corrected chi connectivity index (χ4v) is 2.18. The number of aromatic hydroxyl groups is 1. The molecule has 0 bridgehead atoms. The highest BCUT2D eigenvalue weighted by Crippen LogP contribution is 2.21. The van der Waals surface area contributed by atoms with Crippen LogP contribution in [-0.4, -0.2) is 38.3 Å². The fourth-order valence-electron chi connectivity index (χ4n) is 2.18. The van der Waals surface area contributed by atoms with Crippen LogP contribution in [0, 0.1) is 13.8 Å². The Balaban J connectivity index is 1.72. The molecule has 0 unspecified atom stereocenters. The summed E-state index contributed by atoms with van der Waals surface area (Å²) in [4.78, 5) is 24.5. The number of aromatic nitrogens is 3. The Morgan fingerprint density at radius 1 is 1.28 bits per heavy atom. The molecule has 3 rings (SSSR count). The largest absolute Gasteiger partial charge is 0.507 e. The van der Waals surface area contributed by atoms with Crippen molar-refractivity contribution >= 4 is 11.7 Å². The summed E-state index contributed by atoms with van der Waals surface area (Å²) in [6.45, 7) is 3.21. The SMILES string of the molecule is Cc1ccc(O)c(C(=O)c2cnn(C(=O)COc3cc(C)on3)c2)c1. The minimum absolute atomic E-state index is 0.126. The van der Waals surface area contributed by atoms with Gasteiger partial charge in [0.2, 0.25) is 0 Å². The number of nitrogens with zero attached hydrogens (tertiary/aromatic N) is 3. The Morgan fingerprint density at radius 2 is 2.08 bits per heavy atom. The maximum atomic E-state index is 12.5. The van der Waals surface area contributed by atoms with Crippen molar-refractivity contribution in [2.75, 3.05) is 6.61 Å². The number of phenols is 1. The highest BCUT2D eigenvalue weighted by Gasteiger charge is 2.18. The van der Waals surface area contributed by atoms with Crippen LogP contribution >= 0.6 is 0 Å². The van der Waals surface area contributed by atoms with E-state index in [9.17, 15) is 14.7 Å². The fraction of sp³-hybridized carbons (Fsp3) is 0.176. The molecule has 0 atom stereocenters. The van der Waals surface area contributed by atoms with Gasteiger partial charge in [-0.1, -0.05) is 11.6 Å². The van der Waals surface area contributed by atoms with E-state index in [-0.39, 0.29) is 29.4 Å². The van der Waals surface area contributed by atoms with Gasteiger partial charge in [0.1, 0.15) is 11.5 Å². The standard InChI is InChI=1S/C17H15N3O5/c1-10-3-4-14(21)13(5-10)17(23)12-7-18-20(8-12)16(22)9-24-15-6-11(2)25-19-15/h3-8,21H,9H2,1-2H3. The van der Waals surface area contributed by atoms with Crippen molar-refractivity contribution in [1.29, 1.82) is 0 Å². The van der Waals surface area contributed by atoms with E-state index < -0.39 is 11.7 Å². The molecule has 1 N–H and O–H groups in total. The van der Waals surface area contributed by atoms with Gasteiger partial charge in [-0.25, -0.2) is 4.68 Å². The number of phenolic OH excluding ortho intramolecular Hbond substituents is 1. The summed E-state index contributed by atoms with van der Waals surface area (Å²) >= 11 is 0. The van der Waals surface area contributed by atoms with Crippen LogP contribution in [0.25, 0.3) is 0 Å². The number of benzene rings is 1. The minimum atomic E-state index is -0.479. The Kier molecular flexibility index (Phi) is 4.34. The number of hydrogen-bond donors (Lipinski definition) is 1. The second kappa shape index (κ2) is 6.60. The lowest BCUT2D eigenvalue weighted by Gasteiger charge is -2.03. The van der Waals surface area contributed by atoms with Crippen LogP contribution in [0.1, 0.15) is 32.0 Å². The van der Waals surface area contributed by atoms with Crippen molar-refractivity contribution < 1.29 is 24.0 Å². The molecule has 1 aromatic carbocycles. The van der Waals surface area contributed by atoms with Gasteiger partial charge in [-0.05, 0) is 31.1 Å². The monoisotopic (exact) mass is 341 g/mol. The molecule has 0 radical (unpaired) electrons. The van der Waals surface area contributed by atoms with E-state index in [1.807, 2.05) is 6.92 Å². The Morgan fingerprint density at radius 3 is 2.80 bits per heavy atom. The maximum Gasteiger partial charge on any atom is 0.284 e. The van der Waals surface area contributed by atoms with Crippen molar-refractivity contribution in [3.05, 3.63) is 59.1 Å². The quantitative estimate of drug-likeness (QED) is 0.708. The molecule has 0 aliphatic heterocycles. The Labute approximate surface area is 142 Å². The summed E-state index contributed by atoms with van der Waals surface area (Å²) in [7, 11) is 0. The van der Waals surface area contributed by atoms with Crippen LogP contribution < -0.4 is 4.74 Å². The topological polar surface area (TPSA) is 107 Å². The molecule has 0 amide bonds. The molecular formula is C17H15N3O5. The van der Waals surface area contributed by atoms with Gasteiger partial charge < -0.3 is 14.4 Å². The summed E-state index contributed by atoms with van der Waals surface area (Å²) in [5.41, 5.74) is 1.17. The summed E-state index contributed by atoms with van der Waals surface area (Å²) in [6, 6.07) is 6.27. The van der Waals surface area contributed by atoms with E-state index in [2.05, 4.69) is 10.3 Å². The normalized spacial score (nSPS) is 10.6. The first-order chi connectivity index (χ1) is 11.9. The third-order valence-electron chi connectivity index (χ3n) is 3.45. The number of rotatable bonds is 5. The van der Waals surface area contributed by atoms with Gasteiger partial charge in [-0.2, -0.15) is 5.10 Å². The van der Waals surface area contributed by atoms with Crippen LogP contribution in [0.3, 0.4) is 0 Å². The zero-order valence-corrected chi connectivity index (χ0v) is 13.6. The first kappa shape index (κ1) is 16.4. The van der Waals surface area contributed by atoms with E-state index in [4.69, 9.17) is 9.26 Å². The maximum absolute atomic E-state index is 12.5. The number of ether oxygens (including phenoxy) is 1. The molecule has 8 heteroatoms. The highest BCUT2D eigenvalue weighted by atomic mass is 16.5. The van der Waals surface area contributed by atoms with Gasteiger partial charge in [0.25, 0.3) is 11.8 Å². The van der Waals surface area contributed by atoms with Gasteiger partial charge in [0, 0.05) is 12.3 Å². The van der Waals surface area contributed by atoms with E-state index in [1.165, 1.54) is 18.5 Å². The highest BCUT2D eigenvalue weighted by molar-refractivity contribution is 6.10. The minimum Gasteiger partial charge on any atom is -0.507 e. The number of aryl methyl sites for hydroxylation is 2. The lowest BCUT2D eigenvalue weighted by atomic mass is 10.0. The van der Waals surface area contributed by atoms with Crippen LogP contribution in [-0.2, 0) is 0 Å². The molecule has 0 aliphatic rings. The van der Waals surface area contributed by atoms with E-state index in [1.54, 1.807) is 25.1 Å². The molecule has 0 aliphatic carbocycles. The van der Waals surface area contributed by atoms with E-state index in [0.29, 0.717) is 5.76 Å². The van der Waals surface area contributed by atoms with Gasteiger partial charge in [-0.3, -0.25) is 9.59 Å². The van der Waals surface area contributed by atoms with Crippen molar-refractivity contribution in [3.8, 4) is 11.6 Å². The molecule has 8 nitrogen and oxygen atoms in total. The molecule has 0 spiro atoms. The van der Waals surface area contributed by atoms with Crippen molar-refractivity contribution in [2.24, 2.45) is 0 Å². The summed E-state index contributed by atoms with van der Waals surface area (Å²) < 4.78 is 11.0. The molecule has 2 aromatic heterocycles. The third kappa shape index (κ3) is 3.57. The number of ketones is 1. The smallest absolute Gasteiger partial charge is 0.284 e. The molecule has 128 valence electrons. The average Bonchev–Trinajstić information content (AvgIpc) is 3.23. The van der Waals surface area contributed by atoms with Gasteiger partial charge in [0.05, 0.1) is 17.3 Å². The number of carbonyl (C=O) groups is 2. The van der Waals surface area contributed by atoms with Gasteiger partial charge in [-0.15, -0.1) is 0 Å².